The van der Waals surface area contributed by atoms with Gasteiger partial charge in [-0.05, 0) is 48.5 Å². The number of hydrogen-bond acceptors (Lipinski definition) is 10. The van der Waals surface area contributed by atoms with E-state index in [0.29, 0.717) is 0 Å². The summed E-state index contributed by atoms with van der Waals surface area (Å²) in [4.78, 5) is 10.5. The number of benzene rings is 2. The normalized spacial score (nSPS) is 11.9. The average molecular weight is 490 g/mol. The van der Waals surface area contributed by atoms with Crippen LogP contribution < -0.4 is 34.7 Å². The molecule has 1 aromatic heterocycles. The van der Waals surface area contributed by atoms with Crippen molar-refractivity contribution in [3.8, 4) is 11.6 Å². The minimum Gasteiger partial charge on any atom is -0.543 e. The summed E-state index contributed by atoms with van der Waals surface area (Å²) in [7, 11) is -8.88. The fraction of sp³-hybridized carbons (Fsp3) is 0. The van der Waals surface area contributed by atoms with Crippen LogP contribution in [0.15, 0.2) is 68.6 Å². The predicted octanol–water partition coefficient (Wildman–Crippen LogP) is -2.15. The molecule has 3 N–H and O–H groups in total. The second-order valence-corrected chi connectivity index (χ2v) is 8.70. The van der Waals surface area contributed by atoms with Crippen LogP contribution in [0, 0.1) is 0 Å². The van der Waals surface area contributed by atoms with E-state index in [-0.39, 0.29) is 40.9 Å². The number of hydrogen-bond donors (Lipinski definition) is 3. The van der Waals surface area contributed by atoms with Crippen molar-refractivity contribution in [3.05, 3.63) is 54.2 Å². The van der Waals surface area contributed by atoms with Crippen molar-refractivity contribution in [1.29, 1.82) is 0 Å². The van der Waals surface area contributed by atoms with E-state index >= 15 is 0 Å². The molecule has 0 fully saturated rings. The molecule has 3 aromatic rings. The second kappa shape index (κ2) is 9.45. The van der Waals surface area contributed by atoms with Crippen molar-refractivity contribution in [2.75, 3.05) is 0 Å². The molecule has 0 aliphatic heterocycles. The van der Waals surface area contributed by atoms with Crippen LogP contribution in [0.1, 0.15) is 10.5 Å². The molecule has 0 unspecified atom stereocenters. The quantitative estimate of drug-likeness (QED) is 0.194. The van der Waals surface area contributed by atoms with E-state index < -0.39 is 53.3 Å². The SMILES string of the molecule is O=C([O-])c1nn(-c2ccc(S(=O)(=O)O)cc2)c(O)c1N=Nc1ccc(S(=O)(=O)O)cc1.[Na+]. The van der Waals surface area contributed by atoms with E-state index in [9.17, 15) is 31.8 Å². The van der Waals surface area contributed by atoms with Gasteiger partial charge in [-0.2, -0.15) is 31.7 Å². The fourth-order valence-electron chi connectivity index (χ4n) is 2.36. The zero-order chi connectivity index (χ0) is 23.0. The van der Waals surface area contributed by atoms with Gasteiger partial charge in [0.1, 0.15) is 5.69 Å². The van der Waals surface area contributed by atoms with E-state index in [4.69, 9.17) is 9.11 Å². The number of azo groups is 1. The van der Waals surface area contributed by atoms with Gasteiger partial charge in [0.15, 0.2) is 5.69 Å². The Morgan fingerprint density at radius 3 is 1.78 bits per heavy atom. The van der Waals surface area contributed by atoms with Gasteiger partial charge >= 0.3 is 29.6 Å². The molecule has 0 atom stereocenters. The van der Waals surface area contributed by atoms with Crippen LogP contribution in [0.2, 0.25) is 0 Å². The maximum Gasteiger partial charge on any atom is 1.00 e. The van der Waals surface area contributed by atoms with Crippen LogP contribution >= 0.6 is 0 Å². The van der Waals surface area contributed by atoms with Gasteiger partial charge < -0.3 is 15.0 Å². The maximum atomic E-state index is 11.4. The number of carboxylic acid groups (broad SMARTS) is 1. The number of aromatic hydroxyl groups is 1. The first kappa shape index (κ1) is 25.6. The summed E-state index contributed by atoms with van der Waals surface area (Å²) >= 11 is 0. The molecular weight excluding hydrogens is 479 g/mol. The summed E-state index contributed by atoms with van der Waals surface area (Å²) in [5, 5.41) is 32.7. The molecule has 0 radical (unpaired) electrons. The summed E-state index contributed by atoms with van der Waals surface area (Å²) in [5.41, 5.74) is -1.28. The van der Waals surface area contributed by atoms with Gasteiger partial charge in [-0.1, -0.05) is 0 Å². The molecule has 16 heteroatoms. The third-order valence-electron chi connectivity index (χ3n) is 3.81. The van der Waals surface area contributed by atoms with Crippen LogP contribution in [0.4, 0.5) is 11.4 Å². The van der Waals surface area contributed by atoms with Gasteiger partial charge in [0.05, 0.1) is 27.1 Å². The molecule has 0 bridgehead atoms. The number of carbonyl (C=O) groups excluding carboxylic acids is 1. The molecule has 0 aliphatic carbocycles. The van der Waals surface area contributed by atoms with Crippen molar-refractivity contribution < 1.29 is 70.5 Å². The number of carbonyl (C=O) groups is 1. The van der Waals surface area contributed by atoms with Crippen molar-refractivity contribution in [2.24, 2.45) is 10.2 Å². The van der Waals surface area contributed by atoms with Crippen molar-refractivity contribution in [2.45, 2.75) is 9.79 Å². The Morgan fingerprint density at radius 1 is 0.875 bits per heavy atom. The molecule has 1 heterocycles. The molecular formula is C16H11N4NaO9S2. The standard InChI is InChI=1S/C16H12N4O9S2.Na/c21-15-13(18-17-9-1-5-11(6-2-9)30(24,25)26)14(16(22)23)19-20(15)10-3-7-12(8-4-10)31(27,28)29;/h1-8,21H,(H,22,23)(H,24,25,26)(H,27,28,29);/q;+1/p-1. The number of carboxylic acids is 1. The Labute approximate surface area is 202 Å². The molecule has 0 saturated carbocycles. The molecule has 3 rings (SSSR count). The topological polar surface area (TPSA) is 212 Å². The van der Waals surface area contributed by atoms with Crippen LogP contribution in [0.5, 0.6) is 5.88 Å². The summed E-state index contributed by atoms with van der Waals surface area (Å²) in [5.74, 6) is -2.56. The first-order valence-electron chi connectivity index (χ1n) is 7.98. The van der Waals surface area contributed by atoms with Gasteiger partial charge in [0.25, 0.3) is 20.2 Å². The minimum absolute atomic E-state index is 0. The van der Waals surface area contributed by atoms with Crippen LogP contribution in [-0.4, -0.2) is 46.8 Å². The summed E-state index contributed by atoms with van der Waals surface area (Å²) in [6.45, 7) is 0. The van der Waals surface area contributed by atoms with Gasteiger partial charge in [-0.25, -0.2) is 0 Å². The molecule has 0 saturated heterocycles. The number of aromatic nitrogens is 2. The Morgan fingerprint density at radius 2 is 1.34 bits per heavy atom. The largest absolute Gasteiger partial charge is 1.00 e. The minimum atomic E-state index is -4.46. The average Bonchev–Trinajstić information content (AvgIpc) is 3.02. The van der Waals surface area contributed by atoms with E-state index in [1.807, 2.05) is 0 Å². The third-order valence-corrected chi connectivity index (χ3v) is 5.55. The Balaban J connectivity index is 0.00000363. The van der Waals surface area contributed by atoms with E-state index in [2.05, 4.69) is 15.3 Å². The Hall–Kier alpha value is -2.66. The molecule has 0 spiro atoms. The van der Waals surface area contributed by atoms with E-state index in [1.54, 1.807) is 0 Å². The smallest absolute Gasteiger partial charge is 0.543 e. The number of aromatic carboxylic acids is 1. The molecule has 0 aliphatic rings. The summed E-state index contributed by atoms with van der Waals surface area (Å²) < 4.78 is 63.0. The maximum absolute atomic E-state index is 11.4. The first-order valence-corrected chi connectivity index (χ1v) is 10.9. The molecule has 2 aromatic carbocycles. The zero-order valence-electron chi connectivity index (χ0n) is 16.0. The predicted molar refractivity (Wildman–Crippen MR) is 99.8 cm³/mol. The first-order chi connectivity index (χ1) is 14.4. The number of nitrogens with zero attached hydrogens (tertiary/aromatic N) is 4. The van der Waals surface area contributed by atoms with Gasteiger partial charge in [0, 0.05) is 0 Å². The molecule has 0 amide bonds. The number of rotatable bonds is 6. The van der Waals surface area contributed by atoms with Crippen molar-refractivity contribution in [3.63, 3.8) is 0 Å². The van der Waals surface area contributed by atoms with E-state index in [0.717, 1.165) is 41.1 Å². The second-order valence-electron chi connectivity index (χ2n) is 5.86. The van der Waals surface area contributed by atoms with Crippen LogP contribution in [0.3, 0.4) is 0 Å². The van der Waals surface area contributed by atoms with Gasteiger partial charge in [-0.15, -0.1) is 5.11 Å². The molecule has 162 valence electrons. The van der Waals surface area contributed by atoms with Crippen LogP contribution in [0.25, 0.3) is 5.69 Å². The fourth-order valence-corrected chi connectivity index (χ4v) is 3.32. The van der Waals surface area contributed by atoms with E-state index in [1.165, 1.54) is 12.1 Å². The summed E-state index contributed by atoms with van der Waals surface area (Å²) in [6, 6.07) is 8.69. The van der Waals surface area contributed by atoms with Crippen LogP contribution in [-0.2, 0) is 20.2 Å². The summed E-state index contributed by atoms with van der Waals surface area (Å²) in [6.07, 6.45) is 0. The zero-order valence-corrected chi connectivity index (χ0v) is 19.6. The van der Waals surface area contributed by atoms with Crippen molar-refractivity contribution >= 4 is 37.6 Å². The Bertz CT molecular complexity index is 1400. The molecule has 32 heavy (non-hydrogen) atoms. The van der Waals surface area contributed by atoms with Crippen molar-refractivity contribution in [1.82, 2.24) is 9.78 Å². The molecule has 13 nitrogen and oxygen atoms in total. The Kier molecular flexibility index (Phi) is 7.56. The van der Waals surface area contributed by atoms with Gasteiger partial charge in [-0.3, -0.25) is 9.11 Å². The third kappa shape index (κ3) is 5.57. The monoisotopic (exact) mass is 490 g/mol. The van der Waals surface area contributed by atoms with Gasteiger partial charge in [0.2, 0.25) is 5.88 Å².